The summed E-state index contributed by atoms with van der Waals surface area (Å²) < 4.78 is 5.69. The predicted octanol–water partition coefficient (Wildman–Crippen LogP) is 3.66. The van der Waals surface area contributed by atoms with Gasteiger partial charge in [0.25, 0.3) is 5.91 Å². The number of unbranched alkanes of at least 4 members (excludes halogenated alkanes) is 4. The van der Waals surface area contributed by atoms with Crippen molar-refractivity contribution in [2.75, 3.05) is 6.61 Å². The largest absolute Gasteiger partial charge is 0.494 e. The third-order valence-corrected chi connectivity index (χ3v) is 4.25. The highest BCUT2D eigenvalue weighted by Gasteiger charge is 2.47. The maximum atomic E-state index is 12.2. The summed E-state index contributed by atoms with van der Waals surface area (Å²) in [6.07, 6.45) is 7.53. The van der Waals surface area contributed by atoms with Crippen LogP contribution in [-0.2, 0) is 0 Å². The van der Waals surface area contributed by atoms with Gasteiger partial charge >= 0.3 is 0 Å². The molecule has 1 aliphatic carbocycles. The van der Waals surface area contributed by atoms with Crippen LogP contribution in [0.5, 0.6) is 5.75 Å². The molecule has 0 saturated heterocycles. The van der Waals surface area contributed by atoms with Gasteiger partial charge in [0, 0.05) is 5.56 Å². The molecule has 1 amide bonds. The van der Waals surface area contributed by atoms with Crippen LogP contribution in [-0.4, -0.2) is 23.9 Å². The first-order valence-corrected chi connectivity index (χ1v) is 8.47. The first-order valence-electron chi connectivity index (χ1n) is 8.47. The van der Waals surface area contributed by atoms with Gasteiger partial charge in [-0.25, -0.2) is 0 Å². The maximum Gasteiger partial charge on any atom is 0.252 e. The van der Waals surface area contributed by atoms with Crippen molar-refractivity contribution in [2.24, 2.45) is 5.73 Å². The number of amidine groups is 1. The molecule has 1 fully saturated rings. The van der Waals surface area contributed by atoms with E-state index in [1.165, 1.54) is 25.7 Å². The van der Waals surface area contributed by atoms with Crippen molar-refractivity contribution in [2.45, 2.75) is 57.4 Å². The Kier molecular flexibility index (Phi) is 8.05. The standard InChI is InChI=1S/C18H27N3O2.ClH/c1-2-3-4-5-6-13-23-15-9-7-14(8-10-15)16(22)21-18(11-12-18)17(19)20;/h7-10H,2-6,11-13H2,1H3,(H3,19,20)(H,21,22);1H. The Labute approximate surface area is 150 Å². The molecule has 134 valence electrons. The smallest absolute Gasteiger partial charge is 0.252 e. The van der Waals surface area contributed by atoms with Gasteiger partial charge in [0.05, 0.1) is 12.1 Å². The van der Waals surface area contributed by atoms with Gasteiger partial charge < -0.3 is 15.8 Å². The van der Waals surface area contributed by atoms with E-state index in [0.717, 1.165) is 25.0 Å². The highest BCUT2D eigenvalue weighted by Crippen LogP contribution is 2.35. The van der Waals surface area contributed by atoms with Gasteiger partial charge in [0.1, 0.15) is 11.6 Å². The molecule has 0 bridgehead atoms. The fourth-order valence-corrected chi connectivity index (χ4v) is 2.47. The number of hydrogen-bond donors (Lipinski definition) is 3. The van der Waals surface area contributed by atoms with E-state index in [0.29, 0.717) is 12.2 Å². The van der Waals surface area contributed by atoms with E-state index < -0.39 is 5.54 Å². The number of nitrogens with one attached hydrogen (secondary N) is 2. The number of carbonyl (C=O) groups is 1. The first kappa shape index (κ1) is 20.3. The molecule has 1 aromatic carbocycles. The van der Waals surface area contributed by atoms with Gasteiger partial charge in [-0.15, -0.1) is 12.4 Å². The minimum Gasteiger partial charge on any atom is -0.494 e. The minimum absolute atomic E-state index is 0. The van der Waals surface area contributed by atoms with Crippen LogP contribution in [0.25, 0.3) is 0 Å². The van der Waals surface area contributed by atoms with E-state index >= 15 is 0 Å². The first-order chi connectivity index (χ1) is 11.1. The van der Waals surface area contributed by atoms with E-state index in [1.807, 2.05) is 12.1 Å². The molecule has 0 spiro atoms. The molecular formula is C18H28ClN3O2. The Morgan fingerprint density at radius 2 is 1.83 bits per heavy atom. The van der Waals surface area contributed by atoms with Crippen LogP contribution in [0, 0.1) is 5.41 Å². The van der Waals surface area contributed by atoms with Crippen LogP contribution >= 0.6 is 12.4 Å². The molecule has 1 aliphatic rings. The highest BCUT2D eigenvalue weighted by molar-refractivity contribution is 6.01. The number of ether oxygens (including phenoxy) is 1. The van der Waals surface area contributed by atoms with Crippen LogP contribution in [0.2, 0.25) is 0 Å². The Balaban J connectivity index is 0.00000288. The SMILES string of the molecule is CCCCCCCOc1ccc(C(=O)NC2(C(=N)N)CC2)cc1.Cl. The van der Waals surface area contributed by atoms with Crippen molar-refractivity contribution in [1.82, 2.24) is 5.32 Å². The molecule has 0 heterocycles. The lowest BCUT2D eigenvalue weighted by Crippen LogP contribution is -2.46. The summed E-state index contributed by atoms with van der Waals surface area (Å²) in [5.41, 5.74) is 5.49. The lowest BCUT2D eigenvalue weighted by Gasteiger charge is -2.15. The van der Waals surface area contributed by atoms with Gasteiger partial charge in [-0.05, 0) is 43.5 Å². The average Bonchev–Trinajstić information content (AvgIpc) is 3.32. The van der Waals surface area contributed by atoms with Crippen molar-refractivity contribution in [3.8, 4) is 5.75 Å². The number of amides is 1. The number of carbonyl (C=O) groups excluding carboxylic acids is 1. The van der Waals surface area contributed by atoms with Crippen molar-refractivity contribution in [3.05, 3.63) is 29.8 Å². The van der Waals surface area contributed by atoms with Crippen molar-refractivity contribution in [3.63, 3.8) is 0 Å². The van der Waals surface area contributed by atoms with E-state index in [4.69, 9.17) is 15.9 Å². The van der Waals surface area contributed by atoms with E-state index in [-0.39, 0.29) is 24.1 Å². The lowest BCUT2D eigenvalue weighted by molar-refractivity contribution is 0.0943. The summed E-state index contributed by atoms with van der Waals surface area (Å²) in [5.74, 6) is 0.627. The maximum absolute atomic E-state index is 12.2. The summed E-state index contributed by atoms with van der Waals surface area (Å²) in [5, 5.41) is 10.4. The van der Waals surface area contributed by atoms with Gasteiger partial charge in [-0.1, -0.05) is 32.6 Å². The minimum atomic E-state index is -0.606. The van der Waals surface area contributed by atoms with E-state index in [2.05, 4.69) is 12.2 Å². The normalized spacial score (nSPS) is 14.4. The number of rotatable bonds is 10. The third kappa shape index (κ3) is 5.71. The van der Waals surface area contributed by atoms with Gasteiger partial charge in [-0.2, -0.15) is 0 Å². The Bertz CT molecular complexity index is 542. The molecule has 4 N–H and O–H groups in total. The van der Waals surface area contributed by atoms with Crippen LogP contribution in [0.15, 0.2) is 24.3 Å². The quantitative estimate of drug-likeness (QED) is 0.341. The highest BCUT2D eigenvalue weighted by atomic mass is 35.5. The Morgan fingerprint density at radius 3 is 2.38 bits per heavy atom. The summed E-state index contributed by atoms with van der Waals surface area (Å²) in [6.45, 7) is 2.92. The number of benzene rings is 1. The molecule has 1 saturated carbocycles. The zero-order valence-electron chi connectivity index (χ0n) is 14.3. The van der Waals surface area contributed by atoms with Crippen LogP contribution in [0.4, 0.5) is 0 Å². The number of hydrogen-bond acceptors (Lipinski definition) is 3. The second-order valence-corrected chi connectivity index (χ2v) is 6.24. The predicted molar refractivity (Wildman–Crippen MR) is 99.3 cm³/mol. The fourth-order valence-electron chi connectivity index (χ4n) is 2.47. The fraction of sp³-hybridized carbons (Fsp3) is 0.556. The van der Waals surface area contributed by atoms with Crippen LogP contribution in [0.1, 0.15) is 62.2 Å². The molecule has 0 unspecified atom stereocenters. The second-order valence-electron chi connectivity index (χ2n) is 6.24. The van der Waals surface area contributed by atoms with Gasteiger partial charge in [0.2, 0.25) is 0 Å². The Morgan fingerprint density at radius 1 is 1.21 bits per heavy atom. The molecule has 0 radical (unpaired) electrons. The molecular weight excluding hydrogens is 326 g/mol. The molecule has 5 nitrogen and oxygen atoms in total. The molecule has 2 rings (SSSR count). The number of halogens is 1. The monoisotopic (exact) mass is 353 g/mol. The summed E-state index contributed by atoms with van der Waals surface area (Å²) in [4.78, 5) is 12.2. The lowest BCUT2D eigenvalue weighted by atomic mass is 10.1. The third-order valence-electron chi connectivity index (χ3n) is 4.25. The summed E-state index contributed by atoms with van der Waals surface area (Å²) in [6, 6.07) is 7.12. The van der Waals surface area contributed by atoms with E-state index in [9.17, 15) is 4.79 Å². The summed E-state index contributed by atoms with van der Waals surface area (Å²) in [7, 11) is 0. The number of nitrogens with two attached hydrogens (primary N) is 1. The average molecular weight is 354 g/mol. The van der Waals surface area contributed by atoms with Crippen molar-refractivity contribution < 1.29 is 9.53 Å². The van der Waals surface area contributed by atoms with E-state index in [1.54, 1.807) is 12.1 Å². The van der Waals surface area contributed by atoms with Crippen molar-refractivity contribution in [1.29, 1.82) is 5.41 Å². The van der Waals surface area contributed by atoms with Crippen molar-refractivity contribution >= 4 is 24.1 Å². The molecule has 0 aliphatic heterocycles. The zero-order chi connectivity index (χ0) is 16.7. The molecule has 1 aromatic rings. The molecule has 0 aromatic heterocycles. The van der Waals surface area contributed by atoms with Gasteiger partial charge in [0.15, 0.2) is 0 Å². The summed E-state index contributed by atoms with van der Waals surface area (Å²) >= 11 is 0. The van der Waals surface area contributed by atoms with Gasteiger partial charge in [-0.3, -0.25) is 10.2 Å². The second kappa shape index (κ2) is 9.52. The molecule has 0 atom stereocenters. The Hall–Kier alpha value is -1.75. The van der Waals surface area contributed by atoms with Crippen LogP contribution in [0.3, 0.4) is 0 Å². The topological polar surface area (TPSA) is 88.2 Å². The molecule has 6 heteroatoms. The molecule has 24 heavy (non-hydrogen) atoms. The zero-order valence-corrected chi connectivity index (χ0v) is 15.1. The van der Waals surface area contributed by atoms with Crippen LogP contribution < -0.4 is 15.8 Å².